The van der Waals surface area contributed by atoms with Crippen molar-refractivity contribution in [2.24, 2.45) is 0 Å². The van der Waals surface area contributed by atoms with Gasteiger partial charge in [0.25, 0.3) is 0 Å². The van der Waals surface area contributed by atoms with Crippen LogP contribution < -0.4 is 5.32 Å². The summed E-state index contributed by atoms with van der Waals surface area (Å²) in [6.07, 6.45) is 2.55. The maximum atomic E-state index is 12.5. The molecule has 0 saturated heterocycles. The summed E-state index contributed by atoms with van der Waals surface area (Å²) in [5, 5.41) is 3.86. The highest BCUT2D eigenvalue weighted by Gasteiger charge is 2.12. The van der Waals surface area contributed by atoms with Crippen LogP contribution in [0.5, 0.6) is 0 Å². The second kappa shape index (κ2) is 6.32. The van der Waals surface area contributed by atoms with Gasteiger partial charge in [-0.2, -0.15) is 0 Å². The van der Waals surface area contributed by atoms with Crippen LogP contribution >= 0.6 is 0 Å². The van der Waals surface area contributed by atoms with Gasteiger partial charge in [-0.3, -0.25) is 9.59 Å². The number of fused-ring (bicyclic) bond motifs is 1. The highest BCUT2D eigenvalue weighted by atomic mass is 16.2. The maximum Gasteiger partial charge on any atom is 0.244 e. The molecule has 24 heavy (non-hydrogen) atoms. The molecule has 2 aromatic carbocycles. The molecule has 0 radical (unpaired) electrons. The third kappa shape index (κ3) is 2.95. The molecular formula is C20H20N2O2. The van der Waals surface area contributed by atoms with E-state index in [0.29, 0.717) is 5.56 Å². The van der Waals surface area contributed by atoms with E-state index in [-0.39, 0.29) is 12.5 Å². The quantitative estimate of drug-likeness (QED) is 0.738. The summed E-state index contributed by atoms with van der Waals surface area (Å²) in [7, 11) is 0. The normalized spacial score (nSPS) is 10.8. The number of carbonyl (C=O) groups is 2. The first kappa shape index (κ1) is 16.0. The van der Waals surface area contributed by atoms with Gasteiger partial charge in [-0.25, -0.2) is 0 Å². The lowest BCUT2D eigenvalue weighted by Crippen LogP contribution is -2.19. The second-order valence-electron chi connectivity index (χ2n) is 6.17. The number of hydrogen-bond acceptors (Lipinski definition) is 2. The topological polar surface area (TPSA) is 51.1 Å². The molecule has 122 valence electrons. The molecule has 0 aliphatic heterocycles. The Morgan fingerprint density at radius 2 is 1.79 bits per heavy atom. The van der Waals surface area contributed by atoms with E-state index in [2.05, 4.69) is 17.4 Å². The zero-order valence-electron chi connectivity index (χ0n) is 14.1. The summed E-state index contributed by atoms with van der Waals surface area (Å²) >= 11 is 0. The number of rotatable bonds is 4. The van der Waals surface area contributed by atoms with E-state index < -0.39 is 0 Å². The lowest BCUT2D eigenvalue weighted by Gasteiger charge is -2.13. The van der Waals surface area contributed by atoms with Gasteiger partial charge in [-0.15, -0.1) is 0 Å². The number of aldehydes is 1. The van der Waals surface area contributed by atoms with Crippen LogP contribution in [0.2, 0.25) is 0 Å². The molecule has 3 aromatic rings. The van der Waals surface area contributed by atoms with Crippen molar-refractivity contribution in [3.63, 3.8) is 0 Å². The fourth-order valence-electron chi connectivity index (χ4n) is 3.21. The van der Waals surface area contributed by atoms with Crippen molar-refractivity contribution in [2.45, 2.75) is 27.3 Å². The van der Waals surface area contributed by atoms with E-state index in [9.17, 15) is 9.59 Å². The molecule has 0 aliphatic rings. The van der Waals surface area contributed by atoms with Gasteiger partial charge in [0.1, 0.15) is 6.54 Å². The lowest BCUT2D eigenvalue weighted by atomic mass is 10.1. The first-order chi connectivity index (χ1) is 11.5. The Morgan fingerprint density at radius 1 is 1.12 bits per heavy atom. The Kier molecular flexibility index (Phi) is 4.21. The van der Waals surface area contributed by atoms with E-state index in [1.165, 1.54) is 5.56 Å². The number of anilines is 1. The molecule has 0 saturated carbocycles. The smallest absolute Gasteiger partial charge is 0.244 e. The van der Waals surface area contributed by atoms with Crippen LogP contribution in [0, 0.1) is 20.8 Å². The molecule has 4 heteroatoms. The van der Waals surface area contributed by atoms with Crippen LogP contribution in [-0.2, 0) is 11.3 Å². The zero-order chi connectivity index (χ0) is 17.3. The number of aryl methyl sites for hydroxylation is 3. The predicted octanol–water partition coefficient (Wildman–Crippen LogP) is 4.02. The molecule has 0 bridgehead atoms. The molecule has 1 amide bonds. The minimum atomic E-state index is -0.108. The number of nitrogens with zero attached hydrogens (tertiary/aromatic N) is 1. The molecule has 0 atom stereocenters. The molecule has 4 nitrogen and oxygen atoms in total. The van der Waals surface area contributed by atoms with Crippen LogP contribution in [0.4, 0.5) is 5.69 Å². The van der Waals surface area contributed by atoms with Gasteiger partial charge in [0.2, 0.25) is 5.91 Å². The van der Waals surface area contributed by atoms with Crippen LogP contribution in [-0.4, -0.2) is 16.8 Å². The van der Waals surface area contributed by atoms with Crippen molar-refractivity contribution in [1.29, 1.82) is 0 Å². The van der Waals surface area contributed by atoms with E-state index in [1.807, 2.05) is 49.6 Å². The van der Waals surface area contributed by atoms with Gasteiger partial charge >= 0.3 is 0 Å². The van der Waals surface area contributed by atoms with Crippen molar-refractivity contribution in [1.82, 2.24) is 4.57 Å². The van der Waals surface area contributed by atoms with Gasteiger partial charge in [0, 0.05) is 28.4 Å². The largest absolute Gasteiger partial charge is 0.337 e. The molecule has 3 rings (SSSR count). The summed E-state index contributed by atoms with van der Waals surface area (Å²) < 4.78 is 1.81. The fraction of sp³-hybridized carbons (Fsp3) is 0.200. The van der Waals surface area contributed by atoms with Crippen LogP contribution in [0.15, 0.2) is 42.6 Å². The molecule has 1 N–H and O–H groups in total. The first-order valence-electron chi connectivity index (χ1n) is 7.90. The third-order valence-electron chi connectivity index (χ3n) is 4.20. The first-order valence-corrected chi connectivity index (χ1v) is 7.90. The zero-order valence-corrected chi connectivity index (χ0v) is 14.1. The Hall–Kier alpha value is -2.88. The lowest BCUT2D eigenvalue weighted by molar-refractivity contribution is -0.116. The highest BCUT2D eigenvalue weighted by Crippen LogP contribution is 2.23. The number of carbonyl (C=O) groups excluding carboxylic acids is 2. The van der Waals surface area contributed by atoms with E-state index >= 15 is 0 Å². The van der Waals surface area contributed by atoms with E-state index in [0.717, 1.165) is 34.0 Å². The standard InChI is InChI=1S/C20H20N2O2/c1-13-8-14(2)20(15(3)9-13)21-19(24)11-22-10-16(12-23)17-6-4-5-7-18(17)22/h4-10,12H,11H2,1-3H3,(H,21,24). The average Bonchev–Trinajstić information content (AvgIpc) is 2.89. The van der Waals surface area contributed by atoms with Crippen molar-refractivity contribution >= 4 is 28.8 Å². The Bertz CT molecular complexity index is 915. The van der Waals surface area contributed by atoms with Gasteiger partial charge in [-0.05, 0) is 38.0 Å². The average molecular weight is 320 g/mol. The third-order valence-corrected chi connectivity index (χ3v) is 4.20. The number of para-hydroxylation sites is 1. The van der Waals surface area contributed by atoms with E-state index in [1.54, 1.807) is 6.20 Å². The molecule has 0 unspecified atom stereocenters. The number of aromatic nitrogens is 1. The molecule has 0 aliphatic carbocycles. The van der Waals surface area contributed by atoms with Crippen molar-refractivity contribution < 1.29 is 9.59 Å². The van der Waals surface area contributed by atoms with Gasteiger partial charge in [-0.1, -0.05) is 35.9 Å². The second-order valence-corrected chi connectivity index (χ2v) is 6.17. The number of hydrogen-bond donors (Lipinski definition) is 1. The summed E-state index contributed by atoms with van der Waals surface area (Å²) in [4.78, 5) is 23.7. The Balaban J connectivity index is 1.87. The minimum Gasteiger partial charge on any atom is -0.337 e. The van der Waals surface area contributed by atoms with Crippen molar-refractivity contribution in [3.05, 3.63) is 64.8 Å². The van der Waals surface area contributed by atoms with Gasteiger partial charge in [0.15, 0.2) is 6.29 Å². The summed E-state index contributed by atoms with van der Waals surface area (Å²) in [6, 6.07) is 11.7. The van der Waals surface area contributed by atoms with Gasteiger partial charge < -0.3 is 9.88 Å². The molecule has 1 aromatic heterocycles. The SMILES string of the molecule is Cc1cc(C)c(NC(=O)Cn2cc(C=O)c3ccccc32)c(C)c1. The van der Waals surface area contributed by atoms with Gasteiger partial charge in [0.05, 0.1) is 0 Å². The fourth-order valence-corrected chi connectivity index (χ4v) is 3.21. The molecule has 0 fully saturated rings. The van der Waals surface area contributed by atoms with Crippen LogP contribution in [0.3, 0.4) is 0 Å². The number of amides is 1. The monoisotopic (exact) mass is 320 g/mol. The molecule has 1 heterocycles. The number of nitrogens with one attached hydrogen (secondary N) is 1. The van der Waals surface area contributed by atoms with Crippen LogP contribution in [0.25, 0.3) is 10.9 Å². The van der Waals surface area contributed by atoms with Crippen molar-refractivity contribution in [3.8, 4) is 0 Å². The maximum absolute atomic E-state index is 12.5. The van der Waals surface area contributed by atoms with Crippen molar-refractivity contribution in [2.75, 3.05) is 5.32 Å². The molecular weight excluding hydrogens is 300 g/mol. The summed E-state index contributed by atoms with van der Waals surface area (Å²) in [5.41, 5.74) is 5.61. The highest BCUT2D eigenvalue weighted by molar-refractivity contribution is 5.99. The van der Waals surface area contributed by atoms with E-state index in [4.69, 9.17) is 0 Å². The predicted molar refractivity (Wildman–Crippen MR) is 96.6 cm³/mol. The van der Waals surface area contributed by atoms with Crippen LogP contribution in [0.1, 0.15) is 27.0 Å². The molecule has 0 spiro atoms. The number of benzene rings is 2. The summed E-state index contributed by atoms with van der Waals surface area (Å²) in [6.45, 7) is 6.19. The summed E-state index contributed by atoms with van der Waals surface area (Å²) in [5.74, 6) is -0.108. The Morgan fingerprint density at radius 3 is 2.46 bits per heavy atom. The Labute approximate surface area is 141 Å². The minimum absolute atomic E-state index is 0.108.